The first-order valence-electron chi connectivity index (χ1n) is 9.44. The van der Waals surface area contributed by atoms with Gasteiger partial charge in [0, 0.05) is 30.1 Å². The molecule has 2 aromatic rings. The molecule has 5 nitrogen and oxygen atoms in total. The molecular formula is C22H20ClF2NO4. The summed E-state index contributed by atoms with van der Waals surface area (Å²) < 4.78 is 31.7. The van der Waals surface area contributed by atoms with Gasteiger partial charge < -0.3 is 9.64 Å². The van der Waals surface area contributed by atoms with Gasteiger partial charge in [0.25, 0.3) is 5.91 Å². The molecule has 1 fully saturated rings. The first-order chi connectivity index (χ1) is 14.3. The van der Waals surface area contributed by atoms with E-state index in [0.29, 0.717) is 35.9 Å². The Bertz CT molecular complexity index is 997. The number of carbonyl (C=O) groups is 3. The molecule has 1 amide bonds. The Morgan fingerprint density at radius 1 is 1.17 bits per heavy atom. The molecule has 3 rings (SSSR count). The zero-order valence-corrected chi connectivity index (χ0v) is 17.0. The van der Waals surface area contributed by atoms with Crippen molar-refractivity contribution in [3.8, 4) is 0 Å². The van der Waals surface area contributed by atoms with Crippen LogP contribution in [0.4, 0.5) is 8.78 Å². The molecule has 0 aromatic heterocycles. The summed E-state index contributed by atoms with van der Waals surface area (Å²) in [6, 6.07) is 9.23. The number of carbonyl (C=O) groups excluding carboxylic acids is 3. The summed E-state index contributed by atoms with van der Waals surface area (Å²) in [5.74, 6) is -3.81. The van der Waals surface area contributed by atoms with Crippen LogP contribution in [-0.4, -0.2) is 36.2 Å². The van der Waals surface area contributed by atoms with E-state index in [-0.39, 0.29) is 5.78 Å². The van der Waals surface area contributed by atoms with Crippen molar-refractivity contribution in [3.63, 3.8) is 0 Å². The van der Waals surface area contributed by atoms with Crippen LogP contribution in [0.25, 0.3) is 0 Å². The molecule has 0 radical (unpaired) electrons. The van der Waals surface area contributed by atoms with Gasteiger partial charge in [-0.05, 0) is 37.5 Å². The second-order valence-corrected chi connectivity index (χ2v) is 7.53. The number of ketones is 1. The Kier molecular flexibility index (Phi) is 6.51. The highest BCUT2D eigenvalue weighted by Gasteiger charge is 2.48. The van der Waals surface area contributed by atoms with Crippen LogP contribution in [-0.2, 0) is 19.9 Å². The highest BCUT2D eigenvalue weighted by atomic mass is 35.5. The minimum absolute atomic E-state index is 0.145. The molecule has 1 aliphatic rings. The predicted octanol–water partition coefficient (Wildman–Crippen LogP) is 4.27. The average molecular weight is 436 g/mol. The normalized spacial score (nSPS) is 18.7. The van der Waals surface area contributed by atoms with Crippen LogP contribution in [0.1, 0.15) is 41.6 Å². The highest BCUT2D eigenvalue weighted by Crippen LogP contribution is 2.42. The number of benzene rings is 2. The van der Waals surface area contributed by atoms with E-state index in [1.54, 1.807) is 24.3 Å². The molecule has 30 heavy (non-hydrogen) atoms. The van der Waals surface area contributed by atoms with Crippen LogP contribution in [0.5, 0.6) is 0 Å². The van der Waals surface area contributed by atoms with Crippen molar-refractivity contribution in [2.24, 2.45) is 0 Å². The van der Waals surface area contributed by atoms with Crippen LogP contribution in [0, 0.1) is 11.6 Å². The minimum atomic E-state index is -1.26. The van der Waals surface area contributed by atoms with Gasteiger partial charge in [-0.25, -0.2) is 13.6 Å². The third-order valence-corrected chi connectivity index (χ3v) is 5.73. The van der Waals surface area contributed by atoms with Gasteiger partial charge >= 0.3 is 5.97 Å². The van der Waals surface area contributed by atoms with Crippen LogP contribution in [0.15, 0.2) is 42.5 Å². The van der Waals surface area contributed by atoms with Crippen molar-refractivity contribution >= 4 is 29.3 Å². The van der Waals surface area contributed by atoms with E-state index >= 15 is 0 Å². The monoisotopic (exact) mass is 435 g/mol. The third-order valence-electron chi connectivity index (χ3n) is 5.40. The van der Waals surface area contributed by atoms with Gasteiger partial charge in [0.15, 0.2) is 12.4 Å². The molecule has 8 heteroatoms. The molecule has 158 valence electrons. The number of nitrogens with zero attached hydrogens (tertiary/aromatic N) is 1. The molecule has 0 N–H and O–H groups in total. The fourth-order valence-electron chi connectivity index (χ4n) is 3.80. The number of halogens is 3. The lowest BCUT2D eigenvalue weighted by molar-refractivity contribution is -0.150. The second-order valence-electron chi connectivity index (χ2n) is 7.12. The number of likely N-dealkylation sites (N-methyl/N-ethyl adjacent to an activating group) is 1. The number of amides is 1. The molecule has 2 aromatic carbocycles. The van der Waals surface area contributed by atoms with Gasteiger partial charge in [-0.1, -0.05) is 29.8 Å². The lowest BCUT2D eigenvalue weighted by Gasteiger charge is -2.43. The summed E-state index contributed by atoms with van der Waals surface area (Å²) in [5.41, 5.74) is -1.23. The summed E-state index contributed by atoms with van der Waals surface area (Å²) in [7, 11) is 1.46. The quantitative estimate of drug-likeness (QED) is 0.658. The van der Waals surface area contributed by atoms with Crippen molar-refractivity contribution in [1.29, 1.82) is 0 Å². The van der Waals surface area contributed by atoms with Gasteiger partial charge in [0.2, 0.25) is 0 Å². The first-order valence-corrected chi connectivity index (χ1v) is 9.82. The number of hydrogen-bond acceptors (Lipinski definition) is 4. The number of Topliss-reactive ketones (excluding diaryl/α,β-unsaturated/α-hetero) is 1. The van der Waals surface area contributed by atoms with Gasteiger partial charge in [-0.2, -0.15) is 0 Å². The maximum atomic E-state index is 13.8. The molecule has 1 aliphatic carbocycles. The molecule has 1 saturated carbocycles. The minimum Gasteiger partial charge on any atom is -0.452 e. The van der Waals surface area contributed by atoms with E-state index in [4.69, 9.17) is 16.3 Å². The van der Waals surface area contributed by atoms with E-state index in [1.165, 1.54) is 11.9 Å². The first kappa shape index (κ1) is 21.9. The van der Waals surface area contributed by atoms with Crippen molar-refractivity contribution in [2.75, 3.05) is 13.7 Å². The summed E-state index contributed by atoms with van der Waals surface area (Å²) in [4.78, 5) is 39.2. The zero-order chi connectivity index (χ0) is 21.9. The summed E-state index contributed by atoms with van der Waals surface area (Å²) in [6.45, 7) is -0.703. The van der Waals surface area contributed by atoms with Crippen LogP contribution >= 0.6 is 11.6 Å². The van der Waals surface area contributed by atoms with E-state index in [2.05, 4.69) is 0 Å². The molecule has 0 spiro atoms. The Morgan fingerprint density at radius 2 is 1.90 bits per heavy atom. The average Bonchev–Trinajstić information content (AvgIpc) is 2.72. The number of hydrogen-bond donors (Lipinski definition) is 0. The van der Waals surface area contributed by atoms with Gasteiger partial charge in [-0.15, -0.1) is 0 Å². The highest BCUT2D eigenvalue weighted by molar-refractivity contribution is 6.31. The van der Waals surface area contributed by atoms with Crippen molar-refractivity contribution in [2.45, 2.75) is 31.2 Å². The van der Waals surface area contributed by atoms with Crippen LogP contribution in [0.2, 0.25) is 5.02 Å². The second kappa shape index (κ2) is 8.92. The largest absolute Gasteiger partial charge is 0.452 e. The van der Waals surface area contributed by atoms with Crippen LogP contribution < -0.4 is 0 Å². The Labute approximate surface area is 177 Å². The van der Waals surface area contributed by atoms with Crippen molar-refractivity contribution in [3.05, 3.63) is 70.2 Å². The van der Waals surface area contributed by atoms with Gasteiger partial charge in [-0.3, -0.25) is 9.59 Å². The Balaban J connectivity index is 1.82. The summed E-state index contributed by atoms with van der Waals surface area (Å²) in [6.07, 6.45) is 2.11. The standard InChI is InChI=1S/C22H20ClF2NO4/c1-26(20(28)13-30-21(29)15-10-9-14(24)12-18(15)25)22(11-5-4-8-19(22)27)16-6-2-3-7-17(16)23/h2-3,6-7,9-10,12H,4-5,8,11,13H2,1H3. The molecule has 0 heterocycles. The molecular weight excluding hydrogens is 416 g/mol. The van der Waals surface area contributed by atoms with E-state index in [1.807, 2.05) is 0 Å². The van der Waals surface area contributed by atoms with Gasteiger partial charge in [0.05, 0.1) is 5.56 Å². The lowest BCUT2D eigenvalue weighted by atomic mass is 9.74. The molecule has 0 saturated heterocycles. The van der Waals surface area contributed by atoms with Crippen molar-refractivity contribution in [1.82, 2.24) is 4.90 Å². The predicted molar refractivity (Wildman–Crippen MR) is 106 cm³/mol. The summed E-state index contributed by atoms with van der Waals surface area (Å²) in [5, 5.41) is 0.359. The maximum absolute atomic E-state index is 13.8. The van der Waals surface area contributed by atoms with E-state index in [9.17, 15) is 23.2 Å². The summed E-state index contributed by atoms with van der Waals surface area (Å²) >= 11 is 6.35. The topological polar surface area (TPSA) is 63.7 Å². The Morgan fingerprint density at radius 3 is 2.57 bits per heavy atom. The van der Waals surface area contributed by atoms with Gasteiger partial charge in [0.1, 0.15) is 17.2 Å². The fourth-order valence-corrected chi connectivity index (χ4v) is 4.09. The number of ether oxygens (including phenoxy) is 1. The number of esters is 1. The molecule has 1 atom stereocenters. The molecule has 0 aliphatic heterocycles. The number of rotatable bonds is 5. The molecule has 1 unspecified atom stereocenters. The Hall–Kier alpha value is -2.80. The maximum Gasteiger partial charge on any atom is 0.341 e. The van der Waals surface area contributed by atoms with Crippen LogP contribution in [0.3, 0.4) is 0 Å². The zero-order valence-electron chi connectivity index (χ0n) is 16.3. The third kappa shape index (κ3) is 4.07. The SMILES string of the molecule is CN(C(=O)COC(=O)c1ccc(F)cc1F)C1(c2ccccc2Cl)CCCCC1=O. The fraction of sp³-hybridized carbons (Fsp3) is 0.318. The van der Waals surface area contributed by atoms with E-state index < -0.39 is 41.2 Å². The molecule has 0 bridgehead atoms. The smallest absolute Gasteiger partial charge is 0.341 e. The van der Waals surface area contributed by atoms with E-state index in [0.717, 1.165) is 18.6 Å². The lowest BCUT2D eigenvalue weighted by Crippen LogP contribution is -2.55. The van der Waals surface area contributed by atoms with Crippen molar-refractivity contribution < 1.29 is 27.9 Å².